The molecule has 82 valence electrons. The molecule has 2 rings (SSSR count). The van der Waals surface area contributed by atoms with Crippen LogP contribution in [-0.2, 0) is 0 Å². The van der Waals surface area contributed by atoms with Gasteiger partial charge in [-0.15, -0.1) is 0 Å². The number of aryl methyl sites for hydroxylation is 1. The monoisotopic (exact) mass is 214 g/mol. The molecule has 5 N–H and O–H groups in total. The summed E-state index contributed by atoms with van der Waals surface area (Å²) in [6, 6.07) is 10.8. The molecular weight excluding hydrogens is 200 g/mol. The van der Waals surface area contributed by atoms with E-state index in [2.05, 4.69) is 0 Å². The van der Waals surface area contributed by atoms with Gasteiger partial charge in [0.2, 0.25) is 0 Å². The van der Waals surface area contributed by atoms with Gasteiger partial charge in [0.05, 0.1) is 0 Å². The van der Waals surface area contributed by atoms with Gasteiger partial charge in [-0.3, -0.25) is 0 Å². The van der Waals surface area contributed by atoms with Crippen LogP contribution in [-0.4, -0.2) is 5.11 Å². The van der Waals surface area contributed by atoms with Gasteiger partial charge in [-0.2, -0.15) is 0 Å². The number of hydrogen-bond donors (Lipinski definition) is 3. The number of phenols is 1. The lowest BCUT2D eigenvalue weighted by Gasteiger charge is -2.09. The molecule has 2 aromatic rings. The highest BCUT2D eigenvalue weighted by Gasteiger charge is 2.07. The van der Waals surface area contributed by atoms with Crippen molar-refractivity contribution in [3.8, 4) is 16.9 Å². The quantitative estimate of drug-likeness (QED) is 0.639. The van der Waals surface area contributed by atoms with Crippen LogP contribution in [0.1, 0.15) is 5.56 Å². The summed E-state index contributed by atoms with van der Waals surface area (Å²) in [5.74, 6) is 0.233. The van der Waals surface area contributed by atoms with Gasteiger partial charge in [0.15, 0.2) is 0 Å². The molecule has 3 heteroatoms. The van der Waals surface area contributed by atoms with Crippen molar-refractivity contribution in [2.45, 2.75) is 6.92 Å². The van der Waals surface area contributed by atoms with E-state index < -0.39 is 0 Å². The van der Waals surface area contributed by atoms with Crippen molar-refractivity contribution >= 4 is 11.4 Å². The van der Waals surface area contributed by atoms with Crippen molar-refractivity contribution in [3.63, 3.8) is 0 Å². The summed E-state index contributed by atoms with van der Waals surface area (Å²) in [5.41, 5.74) is 15.2. The lowest BCUT2D eigenvalue weighted by Crippen LogP contribution is -1.93. The Morgan fingerprint density at radius 3 is 2.25 bits per heavy atom. The lowest BCUT2D eigenvalue weighted by atomic mass is 10.0. The standard InChI is InChI=1S/C13H14N2O/c1-8-2-4-11(13(16)6-8)10-5-3-9(14)7-12(10)15/h2-7,16H,14-15H2,1H3. The molecule has 0 heterocycles. The van der Waals surface area contributed by atoms with Crippen molar-refractivity contribution in [1.29, 1.82) is 0 Å². The number of aromatic hydroxyl groups is 1. The van der Waals surface area contributed by atoms with Crippen molar-refractivity contribution in [3.05, 3.63) is 42.0 Å². The Balaban J connectivity index is 2.59. The number of anilines is 2. The van der Waals surface area contributed by atoms with Crippen LogP contribution >= 0.6 is 0 Å². The maximum absolute atomic E-state index is 9.85. The molecule has 0 radical (unpaired) electrons. The molecule has 0 aliphatic rings. The molecule has 0 saturated carbocycles. The summed E-state index contributed by atoms with van der Waals surface area (Å²) in [5, 5.41) is 9.85. The molecule has 0 aliphatic carbocycles. The van der Waals surface area contributed by atoms with E-state index in [1.54, 1.807) is 18.2 Å². The summed E-state index contributed by atoms with van der Waals surface area (Å²) < 4.78 is 0. The first-order chi connectivity index (χ1) is 7.58. The highest BCUT2D eigenvalue weighted by molar-refractivity contribution is 5.82. The first-order valence-corrected chi connectivity index (χ1v) is 5.03. The van der Waals surface area contributed by atoms with E-state index in [0.717, 1.165) is 16.7 Å². The number of rotatable bonds is 1. The van der Waals surface area contributed by atoms with Crippen molar-refractivity contribution in [2.75, 3.05) is 11.5 Å². The predicted molar refractivity (Wildman–Crippen MR) is 67.1 cm³/mol. The van der Waals surface area contributed by atoms with Gasteiger partial charge in [0.25, 0.3) is 0 Å². The Labute approximate surface area is 94.3 Å². The molecule has 16 heavy (non-hydrogen) atoms. The summed E-state index contributed by atoms with van der Waals surface area (Å²) in [6.45, 7) is 1.93. The molecule has 2 aromatic carbocycles. The predicted octanol–water partition coefficient (Wildman–Crippen LogP) is 2.53. The Hall–Kier alpha value is -2.16. The maximum atomic E-state index is 9.85. The number of nitrogen functional groups attached to an aromatic ring is 2. The minimum Gasteiger partial charge on any atom is -0.507 e. The summed E-state index contributed by atoms with van der Waals surface area (Å²) >= 11 is 0. The molecule has 0 spiro atoms. The van der Waals surface area contributed by atoms with Crippen molar-refractivity contribution < 1.29 is 5.11 Å². The maximum Gasteiger partial charge on any atom is 0.123 e. The molecule has 0 fully saturated rings. The summed E-state index contributed by atoms with van der Waals surface area (Å²) in [7, 11) is 0. The van der Waals surface area contributed by atoms with E-state index >= 15 is 0 Å². The third kappa shape index (κ3) is 1.80. The van der Waals surface area contributed by atoms with Crippen molar-refractivity contribution in [1.82, 2.24) is 0 Å². The number of nitrogens with two attached hydrogens (primary N) is 2. The summed E-state index contributed by atoms with van der Waals surface area (Å²) in [6.07, 6.45) is 0. The molecule has 3 nitrogen and oxygen atoms in total. The van der Waals surface area contributed by atoms with Gasteiger partial charge in [-0.25, -0.2) is 0 Å². The third-order valence-electron chi connectivity index (χ3n) is 2.52. The van der Waals surface area contributed by atoms with Crippen LogP contribution in [0.15, 0.2) is 36.4 Å². The normalized spacial score (nSPS) is 10.3. The van der Waals surface area contributed by atoms with E-state index in [0.29, 0.717) is 11.4 Å². The van der Waals surface area contributed by atoms with Gasteiger partial charge >= 0.3 is 0 Å². The van der Waals surface area contributed by atoms with Crippen LogP contribution in [0.4, 0.5) is 11.4 Å². The molecule has 0 bridgehead atoms. The van der Waals surface area contributed by atoms with Gasteiger partial charge in [-0.05, 0) is 30.7 Å². The van der Waals surface area contributed by atoms with E-state index in [4.69, 9.17) is 11.5 Å². The van der Waals surface area contributed by atoms with E-state index in [1.807, 2.05) is 25.1 Å². The van der Waals surface area contributed by atoms with Crippen LogP contribution in [0.3, 0.4) is 0 Å². The molecule has 0 amide bonds. The Morgan fingerprint density at radius 2 is 1.62 bits per heavy atom. The second kappa shape index (κ2) is 3.77. The first kappa shape index (κ1) is 10.4. The zero-order chi connectivity index (χ0) is 11.7. The fourth-order valence-corrected chi connectivity index (χ4v) is 1.70. The van der Waals surface area contributed by atoms with E-state index in [1.165, 1.54) is 0 Å². The van der Waals surface area contributed by atoms with Crippen LogP contribution in [0.5, 0.6) is 5.75 Å². The number of hydrogen-bond acceptors (Lipinski definition) is 3. The first-order valence-electron chi connectivity index (χ1n) is 5.03. The molecule has 0 atom stereocenters. The fourth-order valence-electron chi connectivity index (χ4n) is 1.70. The smallest absolute Gasteiger partial charge is 0.123 e. The topological polar surface area (TPSA) is 72.3 Å². The van der Waals surface area contributed by atoms with E-state index in [-0.39, 0.29) is 5.75 Å². The minimum absolute atomic E-state index is 0.233. The Morgan fingerprint density at radius 1 is 0.938 bits per heavy atom. The zero-order valence-corrected chi connectivity index (χ0v) is 9.07. The number of phenolic OH excluding ortho intramolecular Hbond substituents is 1. The molecule has 0 unspecified atom stereocenters. The average molecular weight is 214 g/mol. The van der Waals surface area contributed by atoms with E-state index in [9.17, 15) is 5.11 Å². The highest BCUT2D eigenvalue weighted by atomic mass is 16.3. The Kier molecular flexibility index (Phi) is 2.44. The van der Waals surface area contributed by atoms with Crippen LogP contribution in [0.25, 0.3) is 11.1 Å². The lowest BCUT2D eigenvalue weighted by molar-refractivity contribution is 0.477. The molecule has 0 aromatic heterocycles. The molecule has 0 aliphatic heterocycles. The van der Waals surface area contributed by atoms with Crippen LogP contribution < -0.4 is 11.5 Å². The summed E-state index contributed by atoms with van der Waals surface area (Å²) in [4.78, 5) is 0. The molecule has 0 saturated heterocycles. The average Bonchev–Trinajstić information content (AvgIpc) is 2.19. The SMILES string of the molecule is Cc1ccc(-c2ccc(N)cc2N)c(O)c1. The second-order valence-corrected chi connectivity index (χ2v) is 3.87. The zero-order valence-electron chi connectivity index (χ0n) is 9.07. The minimum atomic E-state index is 0.233. The van der Waals surface area contributed by atoms with Gasteiger partial charge < -0.3 is 16.6 Å². The van der Waals surface area contributed by atoms with Crippen LogP contribution in [0, 0.1) is 6.92 Å². The largest absolute Gasteiger partial charge is 0.507 e. The number of benzene rings is 2. The fraction of sp³-hybridized carbons (Fsp3) is 0.0769. The third-order valence-corrected chi connectivity index (χ3v) is 2.52. The highest BCUT2D eigenvalue weighted by Crippen LogP contribution is 2.34. The van der Waals surface area contributed by atoms with Crippen LogP contribution in [0.2, 0.25) is 0 Å². The second-order valence-electron chi connectivity index (χ2n) is 3.87. The molecular formula is C13H14N2O. The van der Waals surface area contributed by atoms with Gasteiger partial charge in [0, 0.05) is 22.5 Å². The Bertz CT molecular complexity index is 486. The van der Waals surface area contributed by atoms with Crippen molar-refractivity contribution in [2.24, 2.45) is 0 Å². The van der Waals surface area contributed by atoms with Gasteiger partial charge in [-0.1, -0.05) is 18.2 Å². The van der Waals surface area contributed by atoms with Gasteiger partial charge in [0.1, 0.15) is 5.75 Å².